The summed E-state index contributed by atoms with van der Waals surface area (Å²) in [6, 6.07) is 7.17. The summed E-state index contributed by atoms with van der Waals surface area (Å²) < 4.78 is 0. The molecule has 0 atom stereocenters. The largest absolute Gasteiger partial charge is 0.341 e. The minimum absolute atomic E-state index is 0.248. The molecule has 3 rings (SSSR count). The minimum Gasteiger partial charge on any atom is -0.341 e. The third-order valence-corrected chi connectivity index (χ3v) is 5.07. The normalized spacial score (nSPS) is 15.3. The van der Waals surface area contributed by atoms with Crippen molar-refractivity contribution in [2.75, 3.05) is 23.3 Å². The van der Waals surface area contributed by atoms with E-state index in [9.17, 15) is 4.79 Å². The molecule has 0 saturated carbocycles. The van der Waals surface area contributed by atoms with Gasteiger partial charge in [-0.05, 0) is 56.4 Å². The first kappa shape index (κ1) is 17.7. The second-order valence-corrected chi connectivity index (χ2v) is 7.14. The second-order valence-electron chi connectivity index (χ2n) is 6.73. The Kier molecular flexibility index (Phi) is 5.23. The van der Waals surface area contributed by atoms with Crippen LogP contribution in [-0.2, 0) is 0 Å². The summed E-state index contributed by atoms with van der Waals surface area (Å²) in [5.74, 6) is 1.12. The highest BCUT2D eigenvalue weighted by Gasteiger charge is 2.20. The van der Waals surface area contributed by atoms with Crippen molar-refractivity contribution in [1.29, 1.82) is 0 Å². The lowest BCUT2D eigenvalue weighted by atomic mass is 10.00. The topological polar surface area (TPSA) is 58.1 Å². The van der Waals surface area contributed by atoms with Gasteiger partial charge in [0.15, 0.2) is 0 Å². The average Bonchev–Trinajstić information content (AvgIpc) is 2.59. The summed E-state index contributed by atoms with van der Waals surface area (Å²) in [6.45, 7) is 7.89. The number of carbonyl (C=O) groups is 1. The van der Waals surface area contributed by atoms with Crippen molar-refractivity contribution in [3.63, 3.8) is 0 Å². The molecule has 6 heteroatoms. The first-order valence-corrected chi connectivity index (χ1v) is 8.99. The Hall–Kier alpha value is -2.14. The summed E-state index contributed by atoms with van der Waals surface area (Å²) in [7, 11) is 0. The van der Waals surface area contributed by atoms with Crippen molar-refractivity contribution in [3.05, 3.63) is 46.2 Å². The Bertz CT molecular complexity index is 785. The summed E-state index contributed by atoms with van der Waals surface area (Å²) in [4.78, 5) is 23.8. The van der Waals surface area contributed by atoms with Crippen molar-refractivity contribution in [2.24, 2.45) is 5.92 Å². The molecule has 1 saturated heterocycles. The lowest BCUT2D eigenvalue weighted by Crippen LogP contribution is -2.34. The van der Waals surface area contributed by atoms with Gasteiger partial charge in [0, 0.05) is 29.5 Å². The van der Waals surface area contributed by atoms with E-state index in [2.05, 4.69) is 27.1 Å². The van der Waals surface area contributed by atoms with Crippen LogP contribution in [0.4, 0.5) is 11.6 Å². The maximum absolute atomic E-state index is 12.7. The van der Waals surface area contributed by atoms with Gasteiger partial charge < -0.3 is 10.2 Å². The zero-order chi connectivity index (χ0) is 18.0. The number of aryl methyl sites for hydroxylation is 1. The molecule has 1 amide bonds. The van der Waals surface area contributed by atoms with Gasteiger partial charge in [-0.2, -0.15) is 0 Å². The summed E-state index contributed by atoms with van der Waals surface area (Å²) in [5.41, 5.74) is 2.70. The standard InChI is InChI=1S/C19H23ClN4O/c1-12-7-9-24(10-8-12)19-21-13(2)11-17(23-19)18(25)22-16-6-4-5-15(20)14(16)3/h4-6,11-12H,7-10H2,1-3H3,(H,22,25). The van der Waals surface area contributed by atoms with Gasteiger partial charge in [-0.1, -0.05) is 24.6 Å². The Labute approximate surface area is 153 Å². The predicted molar refractivity (Wildman–Crippen MR) is 102 cm³/mol. The molecule has 1 aliphatic rings. The lowest BCUT2D eigenvalue weighted by Gasteiger charge is -2.30. The molecule has 1 aromatic carbocycles. The quantitative estimate of drug-likeness (QED) is 0.891. The zero-order valence-electron chi connectivity index (χ0n) is 14.8. The highest BCUT2D eigenvalue weighted by Crippen LogP contribution is 2.24. The first-order chi connectivity index (χ1) is 11.9. The second kappa shape index (κ2) is 7.40. The number of nitrogens with zero attached hydrogens (tertiary/aromatic N) is 3. The Morgan fingerprint density at radius 1 is 1.24 bits per heavy atom. The molecule has 1 fully saturated rings. The van der Waals surface area contributed by atoms with Crippen LogP contribution in [0.3, 0.4) is 0 Å². The van der Waals surface area contributed by atoms with E-state index in [1.165, 1.54) is 0 Å². The number of amides is 1. The Morgan fingerprint density at radius 3 is 2.68 bits per heavy atom. The molecule has 2 heterocycles. The number of aromatic nitrogens is 2. The third kappa shape index (κ3) is 4.10. The van der Waals surface area contributed by atoms with Gasteiger partial charge in [0.1, 0.15) is 5.69 Å². The molecule has 0 unspecified atom stereocenters. The van der Waals surface area contributed by atoms with Crippen molar-refractivity contribution in [1.82, 2.24) is 9.97 Å². The van der Waals surface area contributed by atoms with Gasteiger partial charge >= 0.3 is 0 Å². The van der Waals surface area contributed by atoms with Gasteiger partial charge in [0.05, 0.1) is 0 Å². The van der Waals surface area contributed by atoms with Gasteiger partial charge in [0.25, 0.3) is 5.91 Å². The van der Waals surface area contributed by atoms with Crippen LogP contribution in [0.1, 0.15) is 41.5 Å². The third-order valence-electron chi connectivity index (χ3n) is 4.66. The predicted octanol–water partition coefficient (Wildman–Crippen LogP) is 4.24. The van der Waals surface area contributed by atoms with Crippen molar-refractivity contribution in [3.8, 4) is 0 Å². The number of hydrogen-bond acceptors (Lipinski definition) is 4. The highest BCUT2D eigenvalue weighted by molar-refractivity contribution is 6.31. The van der Waals surface area contributed by atoms with Crippen molar-refractivity contribution in [2.45, 2.75) is 33.6 Å². The number of hydrogen-bond donors (Lipinski definition) is 1. The average molecular weight is 359 g/mol. The van der Waals surface area contributed by atoms with Crippen LogP contribution in [0.15, 0.2) is 24.3 Å². The first-order valence-electron chi connectivity index (χ1n) is 8.61. The van der Waals surface area contributed by atoms with E-state index in [1.54, 1.807) is 12.1 Å². The smallest absolute Gasteiger partial charge is 0.274 e. The van der Waals surface area contributed by atoms with Crippen LogP contribution in [0, 0.1) is 19.8 Å². The van der Waals surface area contributed by atoms with Crippen LogP contribution < -0.4 is 10.2 Å². The van der Waals surface area contributed by atoms with E-state index in [0.29, 0.717) is 22.4 Å². The van der Waals surface area contributed by atoms with E-state index in [-0.39, 0.29) is 5.91 Å². The summed E-state index contributed by atoms with van der Waals surface area (Å²) in [5, 5.41) is 3.52. The van der Waals surface area contributed by atoms with Gasteiger partial charge in [-0.25, -0.2) is 9.97 Å². The van der Waals surface area contributed by atoms with Gasteiger partial charge in [-0.3, -0.25) is 4.79 Å². The molecule has 0 bridgehead atoms. The minimum atomic E-state index is -0.248. The fraction of sp³-hybridized carbons (Fsp3) is 0.421. The van der Waals surface area contributed by atoms with Crippen LogP contribution in [0.5, 0.6) is 0 Å². The van der Waals surface area contributed by atoms with E-state index in [0.717, 1.165) is 43.1 Å². The van der Waals surface area contributed by atoms with Crippen molar-refractivity contribution < 1.29 is 4.79 Å². The number of carbonyl (C=O) groups excluding carboxylic acids is 1. The molecule has 0 spiro atoms. The lowest BCUT2D eigenvalue weighted by molar-refractivity contribution is 0.102. The molecule has 1 aliphatic heterocycles. The van der Waals surface area contributed by atoms with E-state index in [1.807, 2.05) is 26.0 Å². The molecular formula is C19H23ClN4O. The summed E-state index contributed by atoms with van der Waals surface area (Å²) in [6.07, 6.45) is 2.25. The van der Waals surface area contributed by atoms with Crippen molar-refractivity contribution >= 4 is 29.1 Å². The maximum atomic E-state index is 12.7. The number of nitrogens with one attached hydrogen (secondary N) is 1. The molecule has 25 heavy (non-hydrogen) atoms. The van der Waals surface area contributed by atoms with Crippen LogP contribution in [0.25, 0.3) is 0 Å². The molecule has 0 aliphatic carbocycles. The number of anilines is 2. The molecule has 2 aromatic rings. The molecule has 0 radical (unpaired) electrons. The Morgan fingerprint density at radius 2 is 1.96 bits per heavy atom. The van der Waals surface area contributed by atoms with Crippen LogP contribution in [0.2, 0.25) is 5.02 Å². The SMILES string of the molecule is Cc1cc(C(=O)Nc2cccc(Cl)c2C)nc(N2CCC(C)CC2)n1. The molecule has 132 valence electrons. The fourth-order valence-electron chi connectivity index (χ4n) is 2.95. The van der Waals surface area contributed by atoms with Crippen LogP contribution in [-0.4, -0.2) is 29.0 Å². The molecular weight excluding hydrogens is 336 g/mol. The monoisotopic (exact) mass is 358 g/mol. The number of halogens is 1. The number of piperidine rings is 1. The van der Waals surface area contributed by atoms with Gasteiger partial charge in [0.2, 0.25) is 5.95 Å². The zero-order valence-corrected chi connectivity index (χ0v) is 15.6. The Balaban J connectivity index is 1.82. The van der Waals surface area contributed by atoms with E-state index < -0.39 is 0 Å². The van der Waals surface area contributed by atoms with E-state index >= 15 is 0 Å². The van der Waals surface area contributed by atoms with Crippen LogP contribution >= 0.6 is 11.6 Å². The highest BCUT2D eigenvalue weighted by atomic mass is 35.5. The fourth-order valence-corrected chi connectivity index (χ4v) is 3.12. The molecule has 1 aromatic heterocycles. The summed E-state index contributed by atoms with van der Waals surface area (Å²) >= 11 is 6.12. The number of benzene rings is 1. The number of rotatable bonds is 3. The van der Waals surface area contributed by atoms with Gasteiger partial charge in [-0.15, -0.1) is 0 Å². The molecule has 1 N–H and O–H groups in total. The molecule has 5 nitrogen and oxygen atoms in total. The van der Waals surface area contributed by atoms with E-state index in [4.69, 9.17) is 11.6 Å². The maximum Gasteiger partial charge on any atom is 0.274 e.